The van der Waals surface area contributed by atoms with Crippen molar-refractivity contribution in [1.82, 2.24) is 0 Å². The molecule has 0 atom stereocenters. The van der Waals surface area contributed by atoms with E-state index in [2.05, 4.69) is 0 Å². The molecule has 0 saturated carbocycles. The number of hydrogen-bond acceptors (Lipinski definition) is 4. The maximum Gasteiger partial charge on any atom is 2.00 e. The van der Waals surface area contributed by atoms with Crippen molar-refractivity contribution >= 4 is 22.8 Å². The minimum absolute atomic E-state index is 0. The summed E-state index contributed by atoms with van der Waals surface area (Å²) in [6.07, 6.45) is 0. The van der Waals surface area contributed by atoms with Crippen LogP contribution in [-0.2, 0) is 27.5 Å². The second kappa shape index (κ2) is 7.64. The predicted molar refractivity (Wildman–Crippen MR) is 21.3 cm³/mol. The van der Waals surface area contributed by atoms with Crippen molar-refractivity contribution in [1.29, 1.82) is 0 Å². The monoisotopic (exact) mass is 213 g/mol. The van der Waals surface area contributed by atoms with Crippen LogP contribution < -0.4 is 0 Å². The van der Waals surface area contributed by atoms with Crippen molar-refractivity contribution in [2.75, 3.05) is 0 Å². The van der Waals surface area contributed by atoms with Gasteiger partial charge in [-0.05, 0) is 0 Å². The maximum atomic E-state index is 8.52. The predicted octanol–water partition coefficient (Wildman–Crippen LogP) is -1.74. The first-order valence-electron chi connectivity index (χ1n) is 0.667. The second-order valence-electron chi connectivity index (χ2n) is 0.408. The third kappa shape index (κ3) is 516. The number of hydrogen-bond donors (Lipinski definition) is 0. The smallest absolute Gasteiger partial charge is 0.759 e. The molecule has 5 nitrogen and oxygen atoms in total. The first-order valence-corrected chi connectivity index (χ1v) is 2.00. The van der Waals surface area contributed by atoms with E-state index in [1.165, 1.54) is 0 Å². The molecule has 8 heteroatoms. The Balaban J connectivity index is -0.0000000267. The van der Waals surface area contributed by atoms with Crippen LogP contribution in [0.2, 0.25) is 0 Å². The first-order chi connectivity index (χ1) is 2.00. The van der Waals surface area contributed by atoms with Crippen molar-refractivity contribution in [3.63, 3.8) is 0 Å². The van der Waals surface area contributed by atoms with Crippen molar-refractivity contribution in [2.45, 2.75) is 0 Å². The van der Waals surface area contributed by atoms with Crippen LogP contribution in [0.1, 0.15) is 0 Å². The average Bonchev–Trinajstić information content (AvgIpc) is 0.722. The van der Waals surface area contributed by atoms with Gasteiger partial charge in [-0.3, -0.25) is 8.42 Å². The van der Waals surface area contributed by atoms with Gasteiger partial charge in [0.05, 0.1) is 0 Å². The van der Waals surface area contributed by atoms with Crippen LogP contribution in [0.4, 0.5) is 0 Å². The van der Waals surface area contributed by atoms with E-state index in [4.69, 9.17) is 17.5 Å². The Morgan fingerprint density at radius 3 is 1.12 bits per heavy atom. The molecule has 0 amide bonds. The fourth-order valence-corrected chi connectivity index (χ4v) is 0. The van der Waals surface area contributed by atoms with Crippen LogP contribution in [0.25, 0.3) is 0 Å². The van der Waals surface area contributed by atoms with E-state index in [1.54, 1.807) is 0 Å². The Bertz CT molecular complexity index is 95.6. The van der Waals surface area contributed by atoms with Crippen LogP contribution in [0, 0.1) is 0 Å². The molecule has 0 aliphatic heterocycles. The molecule has 2 N–H and O–H groups in total. The van der Waals surface area contributed by atoms with Gasteiger partial charge < -0.3 is 14.6 Å². The summed E-state index contributed by atoms with van der Waals surface area (Å²) in [7, 11) is -5.17. The SMILES string of the molecule is Cl.O.O=S(=O)([O-])[O-].[Cu+2]. The van der Waals surface area contributed by atoms with Crippen molar-refractivity contribution in [2.24, 2.45) is 0 Å². The Morgan fingerprint density at radius 1 is 1.12 bits per heavy atom. The molecule has 0 aliphatic carbocycles. The van der Waals surface area contributed by atoms with Gasteiger partial charge in [-0.1, -0.05) is 0 Å². The fraction of sp³-hybridized carbons (Fsp3) is 0. The Hall–Kier alpha value is 0.639. The third-order valence-corrected chi connectivity index (χ3v) is 0. The molecule has 0 rings (SSSR count). The van der Waals surface area contributed by atoms with Crippen molar-refractivity contribution in [3.8, 4) is 0 Å². The van der Waals surface area contributed by atoms with Crippen LogP contribution >= 0.6 is 12.4 Å². The van der Waals surface area contributed by atoms with Gasteiger partial charge in [0.25, 0.3) is 0 Å². The van der Waals surface area contributed by atoms with E-state index in [0.29, 0.717) is 0 Å². The molecule has 0 saturated heterocycles. The van der Waals surface area contributed by atoms with Gasteiger partial charge in [-0.25, -0.2) is 0 Å². The van der Waals surface area contributed by atoms with Gasteiger partial charge >= 0.3 is 17.1 Å². The molecule has 0 bridgehead atoms. The van der Waals surface area contributed by atoms with Crippen molar-refractivity contribution < 1.29 is 40.1 Å². The standard InChI is InChI=1S/ClH.Cu.H2O4S.H2O/c;;1-5(2,3)4;/h1H;;(H2,1,2,3,4);1H2/q;+2;;/p-2. The normalized spacial score (nSPS) is 7.25. The van der Waals surface area contributed by atoms with E-state index in [9.17, 15) is 0 Å². The summed E-state index contributed by atoms with van der Waals surface area (Å²) in [5.41, 5.74) is 0. The van der Waals surface area contributed by atoms with Crippen LogP contribution in [0.3, 0.4) is 0 Å². The zero-order valence-electron chi connectivity index (χ0n) is 3.25. The summed E-state index contributed by atoms with van der Waals surface area (Å²) in [5, 5.41) is 0. The van der Waals surface area contributed by atoms with Gasteiger partial charge in [0.2, 0.25) is 0 Å². The zero-order chi connectivity index (χ0) is 4.50. The molecular formula is H3ClCuO5S. The van der Waals surface area contributed by atoms with E-state index in [1.807, 2.05) is 0 Å². The fourth-order valence-electron chi connectivity index (χ4n) is 0. The molecule has 0 spiro atoms. The second-order valence-corrected chi connectivity index (χ2v) is 1.22. The van der Waals surface area contributed by atoms with Crippen LogP contribution in [0.5, 0.6) is 0 Å². The molecule has 1 radical (unpaired) electrons. The van der Waals surface area contributed by atoms with Crippen molar-refractivity contribution in [3.05, 3.63) is 0 Å². The summed E-state index contributed by atoms with van der Waals surface area (Å²) in [5.74, 6) is 0. The van der Waals surface area contributed by atoms with Crippen LogP contribution in [-0.4, -0.2) is 23.0 Å². The Kier molecular flexibility index (Phi) is 22.4. The van der Waals surface area contributed by atoms with E-state index in [0.717, 1.165) is 0 Å². The molecule has 8 heavy (non-hydrogen) atoms. The first kappa shape index (κ1) is 23.4. The van der Waals surface area contributed by atoms with Gasteiger partial charge in [0, 0.05) is 10.4 Å². The largest absolute Gasteiger partial charge is 2.00 e. The topological polar surface area (TPSA) is 112 Å². The minimum Gasteiger partial charge on any atom is -0.759 e. The Labute approximate surface area is 63.2 Å². The van der Waals surface area contributed by atoms with E-state index in [-0.39, 0.29) is 35.0 Å². The molecule has 0 aromatic carbocycles. The minimum atomic E-state index is -5.17. The zero-order valence-corrected chi connectivity index (χ0v) is 5.83. The van der Waals surface area contributed by atoms with Crippen LogP contribution in [0.15, 0.2) is 0 Å². The molecule has 0 aliphatic rings. The van der Waals surface area contributed by atoms with Gasteiger partial charge in [-0.2, -0.15) is 0 Å². The average molecular weight is 214 g/mol. The summed E-state index contributed by atoms with van der Waals surface area (Å²) >= 11 is 0. The summed E-state index contributed by atoms with van der Waals surface area (Å²) in [4.78, 5) is 0. The van der Waals surface area contributed by atoms with E-state index < -0.39 is 10.4 Å². The third-order valence-electron chi connectivity index (χ3n) is 0. The number of halogens is 1. The van der Waals surface area contributed by atoms with Gasteiger partial charge in [-0.15, -0.1) is 12.4 Å². The number of rotatable bonds is 0. The van der Waals surface area contributed by atoms with Gasteiger partial charge in [0.15, 0.2) is 0 Å². The molecule has 0 aromatic rings. The molecule has 0 heterocycles. The summed E-state index contributed by atoms with van der Waals surface area (Å²) in [6.45, 7) is 0. The molecular weight excluding hydrogens is 211 g/mol. The van der Waals surface area contributed by atoms with E-state index >= 15 is 0 Å². The molecule has 57 valence electrons. The summed E-state index contributed by atoms with van der Waals surface area (Å²) in [6, 6.07) is 0. The quantitative estimate of drug-likeness (QED) is 0.270. The molecule has 0 fully saturated rings. The molecule has 0 unspecified atom stereocenters. The summed E-state index contributed by atoms with van der Waals surface area (Å²) < 4.78 is 34.1. The van der Waals surface area contributed by atoms with Gasteiger partial charge in [0.1, 0.15) is 0 Å². The molecule has 0 aromatic heterocycles. The Morgan fingerprint density at radius 2 is 1.12 bits per heavy atom. The maximum absolute atomic E-state index is 8.52.